The van der Waals surface area contributed by atoms with Crippen molar-refractivity contribution in [2.45, 2.75) is 26.7 Å². The van der Waals surface area contributed by atoms with Gasteiger partial charge < -0.3 is 10.2 Å². The molecule has 0 aliphatic carbocycles. The minimum atomic E-state index is -0.893. The van der Waals surface area contributed by atoms with E-state index in [0.29, 0.717) is 18.4 Å². The van der Waals surface area contributed by atoms with E-state index in [1.165, 1.54) is 0 Å². The highest BCUT2D eigenvalue weighted by Crippen LogP contribution is 2.11. The normalized spacial score (nSPS) is 12.6. The summed E-state index contributed by atoms with van der Waals surface area (Å²) in [5.41, 5.74) is 1.18. The molecule has 0 spiro atoms. The zero-order valence-corrected chi connectivity index (χ0v) is 6.92. The van der Waals surface area contributed by atoms with Gasteiger partial charge in [-0.3, -0.25) is 0 Å². The molecule has 0 saturated carbocycles. The Morgan fingerprint density at radius 2 is 2.00 bits per heavy atom. The predicted octanol–water partition coefficient (Wildman–Crippen LogP) is 1.18. The van der Waals surface area contributed by atoms with Gasteiger partial charge >= 0.3 is 5.97 Å². The smallest absolute Gasteiger partial charge is 0.331 e. The molecule has 11 heavy (non-hydrogen) atoms. The van der Waals surface area contributed by atoms with E-state index in [2.05, 4.69) is 0 Å². The minimum absolute atomic E-state index is 0.0216. The van der Waals surface area contributed by atoms with E-state index in [4.69, 9.17) is 10.2 Å². The number of aliphatic carboxylic acids is 1. The number of carboxylic acid groups (broad SMARTS) is 1. The fourth-order valence-corrected chi connectivity index (χ4v) is 0.916. The monoisotopic (exact) mass is 158 g/mol. The van der Waals surface area contributed by atoms with Gasteiger partial charge in [-0.25, -0.2) is 4.79 Å². The summed E-state index contributed by atoms with van der Waals surface area (Å²) in [6.07, 6.45) is 1.16. The summed E-state index contributed by atoms with van der Waals surface area (Å²) in [6.45, 7) is 3.47. The van der Waals surface area contributed by atoms with E-state index >= 15 is 0 Å². The van der Waals surface area contributed by atoms with Crippen molar-refractivity contribution in [1.29, 1.82) is 0 Å². The van der Waals surface area contributed by atoms with Crippen molar-refractivity contribution in [3.8, 4) is 0 Å². The Morgan fingerprint density at radius 1 is 1.45 bits per heavy atom. The largest absolute Gasteiger partial charge is 0.478 e. The molecular formula is C8H14O3. The third kappa shape index (κ3) is 3.18. The number of hydrogen-bond acceptors (Lipinski definition) is 2. The van der Waals surface area contributed by atoms with Gasteiger partial charge in [0, 0.05) is 12.2 Å². The van der Waals surface area contributed by atoms with E-state index in [0.717, 1.165) is 5.57 Å². The van der Waals surface area contributed by atoms with Crippen molar-refractivity contribution in [3.63, 3.8) is 0 Å². The molecule has 3 nitrogen and oxygen atoms in total. The Labute approximate surface area is 66.4 Å². The molecule has 0 aromatic heterocycles. The summed E-state index contributed by atoms with van der Waals surface area (Å²) >= 11 is 0. The molecule has 0 atom stereocenters. The summed E-state index contributed by atoms with van der Waals surface area (Å²) in [7, 11) is 0. The van der Waals surface area contributed by atoms with Crippen molar-refractivity contribution >= 4 is 5.97 Å². The number of carboxylic acids is 1. The van der Waals surface area contributed by atoms with Gasteiger partial charge in [-0.05, 0) is 19.8 Å². The van der Waals surface area contributed by atoms with Crippen molar-refractivity contribution < 1.29 is 15.0 Å². The summed E-state index contributed by atoms with van der Waals surface area (Å²) in [6, 6.07) is 0. The van der Waals surface area contributed by atoms with E-state index in [-0.39, 0.29) is 6.61 Å². The first kappa shape index (κ1) is 10.2. The molecule has 0 fully saturated rings. The van der Waals surface area contributed by atoms with Crippen LogP contribution in [0.3, 0.4) is 0 Å². The lowest BCUT2D eigenvalue weighted by Gasteiger charge is -2.04. The number of hydrogen-bond donors (Lipinski definition) is 2. The van der Waals surface area contributed by atoms with Crippen LogP contribution in [0.1, 0.15) is 26.7 Å². The summed E-state index contributed by atoms with van der Waals surface area (Å²) in [5.74, 6) is -0.893. The minimum Gasteiger partial charge on any atom is -0.478 e. The fourth-order valence-electron chi connectivity index (χ4n) is 0.916. The first-order valence-corrected chi connectivity index (χ1v) is 3.66. The van der Waals surface area contributed by atoms with Crippen molar-refractivity contribution in [2.75, 3.05) is 6.61 Å². The highest BCUT2D eigenvalue weighted by atomic mass is 16.4. The third-order valence-electron chi connectivity index (χ3n) is 1.69. The van der Waals surface area contributed by atoms with Gasteiger partial charge in [0.2, 0.25) is 0 Å². The molecular weight excluding hydrogens is 144 g/mol. The van der Waals surface area contributed by atoms with Crippen LogP contribution in [0.25, 0.3) is 0 Å². The van der Waals surface area contributed by atoms with Crippen LogP contribution < -0.4 is 0 Å². The van der Waals surface area contributed by atoms with Crippen LogP contribution in [0.2, 0.25) is 0 Å². The maximum atomic E-state index is 10.4. The second-order valence-electron chi connectivity index (χ2n) is 2.36. The van der Waals surface area contributed by atoms with Gasteiger partial charge in [-0.2, -0.15) is 0 Å². The van der Waals surface area contributed by atoms with Gasteiger partial charge in [0.15, 0.2) is 0 Å². The molecule has 0 aromatic carbocycles. The molecule has 64 valence electrons. The Balaban J connectivity index is 4.39. The number of carbonyl (C=O) groups is 1. The maximum absolute atomic E-state index is 10.4. The first-order valence-electron chi connectivity index (χ1n) is 3.66. The molecule has 0 rings (SSSR count). The quantitative estimate of drug-likeness (QED) is 0.604. The van der Waals surface area contributed by atoms with Crippen LogP contribution >= 0.6 is 0 Å². The van der Waals surface area contributed by atoms with E-state index in [9.17, 15) is 4.79 Å². The van der Waals surface area contributed by atoms with Gasteiger partial charge in [-0.1, -0.05) is 12.5 Å². The number of aliphatic hydroxyl groups excluding tert-OH is 1. The Hall–Kier alpha value is -0.830. The molecule has 0 heterocycles. The van der Waals surface area contributed by atoms with Crippen LogP contribution in [0.15, 0.2) is 11.1 Å². The SMILES string of the molecule is CCC(CCO)=C(C)C(=O)O. The van der Waals surface area contributed by atoms with Crippen molar-refractivity contribution in [3.05, 3.63) is 11.1 Å². The molecule has 0 aliphatic rings. The number of rotatable bonds is 4. The Bertz CT molecular complexity index is 170. The van der Waals surface area contributed by atoms with Crippen LogP contribution in [0.4, 0.5) is 0 Å². The third-order valence-corrected chi connectivity index (χ3v) is 1.69. The standard InChI is InChI=1S/C8H14O3/c1-3-7(4-5-9)6(2)8(10)11/h9H,3-5H2,1-2H3,(H,10,11). The van der Waals surface area contributed by atoms with Crippen LogP contribution in [-0.2, 0) is 4.79 Å². The predicted molar refractivity (Wildman–Crippen MR) is 42.3 cm³/mol. The first-order chi connectivity index (χ1) is 5.13. The van der Waals surface area contributed by atoms with Gasteiger partial charge in [0.05, 0.1) is 0 Å². The molecule has 0 bridgehead atoms. The van der Waals surface area contributed by atoms with E-state index in [1.807, 2.05) is 6.92 Å². The summed E-state index contributed by atoms with van der Waals surface area (Å²) < 4.78 is 0. The zero-order chi connectivity index (χ0) is 8.85. The van der Waals surface area contributed by atoms with E-state index < -0.39 is 5.97 Å². The second-order valence-corrected chi connectivity index (χ2v) is 2.36. The second kappa shape index (κ2) is 4.91. The van der Waals surface area contributed by atoms with Crippen LogP contribution in [0.5, 0.6) is 0 Å². The average Bonchev–Trinajstić information content (AvgIpc) is 1.98. The molecule has 0 unspecified atom stereocenters. The molecule has 0 amide bonds. The summed E-state index contributed by atoms with van der Waals surface area (Å²) in [4.78, 5) is 10.4. The van der Waals surface area contributed by atoms with Gasteiger partial charge in [0.25, 0.3) is 0 Å². The van der Waals surface area contributed by atoms with Crippen LogP contribution in [0, 0.1) is 0 Å². The van der Waals surface area contributed by atoms with Crippen molar-refractivity contribution in [2.24, 2.45) is 0 Å². The average molecular weight is 158 g/mol. The van der Waals surface area contributed by atoms with Gasteiger partial charge in [0.1, 0.15) is 0 Å². The molecule has 2 N–H and O–H groups in total. The Morgan fingerprint density at radius 3 is 2.27 bits per heavy atom. The lowest BCUT2D eigenvalue weighted by molar-refractivity contribution is -0.132. The maximum Gasteiger partial charge on any atom is 0.331 e. The Kier molecular flexibility index (Phi) is 4.54. The molecule has 0 saturated heterocycles. The lowest BCUT2D eigenvalue weighted by Crippen LogP contribution is -2.02. The van der Waals surface area contributed by atoms with E-state index in [1.54, 1.807) is 6.92 Å². The van der Waals surface area contributed by atoms with Crippen molar-refractivity contribution in [1.82, 2.24) is 0 Å². The lowest BCUT2D eigenvalue weighted by atomic mass is 10.0. The van der Waals surface area contributed by atoms with Crippen LogP contribution in [-0.4, -0.2) is 22.8 Å². The molecule has 3 heteroatoms. The molecule has 0 radical (unpaired) electrons. The fraction of sp³-hybridized carbons (Fsp3) is 0.625. The summed E-state index contributed by atoms with van der Waals surface area (Å²) in [5, 5.41) is 17.1. The van der Waals surface area contributed by atoms with Gasteiger partial charge in [-0.15, -0.1) is 0 Å². The molecule has 0 aliphatic heterocycles. The zero-order valence-electron chi connectivity index (χ0n) is 6.92. The molecule has 0 aromatic rings. The highest BCUT2D eigenvalue weighted by Gasteiger charge is 2.06. The number of aliphatic hydroxyl groups is 1. The highest BCUT2D eigenvalue weighted by molar-refractivity contribution is 5.86. The topological polar surface area (TPSA) is 57.5 Å².